The van der Waals surface area contributed by atoms with Crippen LogP contribution in [-0.2, 0) is 0 Å². The van der Waals surface area contributed by atoms with Crippen LogP contribution < -0.4 is 0 Å². The van der Waals surface area contributed by atoms with E-state index < -0.39 is 0 Å². The van der Waals surface area contributed by atoms with Gasteiger partial charge < -0.3 is 0 Å². The van der Waals surface area contributed by atoms with Crippen molar-refractivity contribution < 1.29 is 0 Å². The zero-order valence-corrected chi connectivity index (χ0v) is 8.05. The normalized spacial score (nSPS) is 23.6. The largest absolute Gasteiger partial charge is 0.147 e. The molecule has 0 spiro atoms. The van der Waals surface area contributed by atoms with Crippen LogP contribution in [0.25, 0.3) is 0 Å². The SMILES string of the molecule is CC1(C)C=CC(S)=C(S)C1. The molecule has 0 bridgehead atoms. The molecule has 0 heterocycles. The molecular weight excluding hydrogens is 160 g/mol. The molecule has 0 unspecified atom stereocenters. The lowest BCUT2D eigenvalue weighted by Gasteiger charge is -2.24. The Bertz CT molecular complexity index is 199. The van der Waals surface area contributed by atoms with E-state index in [-0.39, 0.29) is 5.41 Å². The van der Waals surface area contributed by atoms with Gasteiger partial charge in [-0.15, -0.1) is 25.3 Å². The topological polar surface area (TPSA) is 0 Å². The monoisotopic (exact) mass is 172 g/mol. The van der Waals surface area contributed by atoms with Crippen LogP contribution in [0.1, 0.15) is 20.3 Å². The number of hydrogen-bond donors (Lipinski definition) is 2. The van der Waals surface area contributed by atoms with Gasteiger partial charge in [0.2, 0.25) is 0 Å². The molecular formula is C8H12S2. The van der Waals surface area contributed by atoms with Crippen molar-refractivity contribution in [1.82, 2.24) is 0 Å². The van der Waals surface area contributed by atoms with Gasteiger partial charge in [-0.05, 0) is 16.7 Å². The zero-order valence-electron chi connectivity index (χ0n) is 6.26. The van der Waals surface area contributed by atoms with Gasteiger partial charge in [-0.25, -0.2) is 0 Å². The number of allylic oxidation sites excluding steroid dienone is 3. The predicted octanol–water partition coefficient (Wildman–Crippen LogP) is 3.04. The molecule has 0 fully saturated rings. The first kappa shape index (κ1) is 8.28. The molecule has 0 saturated carbocycles. The highest BCUT2D eigenvalue weighted by atomic mass is 32.1. The van der Waals surface area contributed by atoms with Crippen molar-refractivity contribution in [3.05, 3.63) is 22.0 Å². The van der Waals surface area contributed by atoms with Gasteiger partial charge in [0.1, 0.15) is 0 Å². The Morgan fingerprint density at radius 3 is 2.40 bits per heavy atom. The summed E-state index contributed by atoms with van der Waals surface area (Å²) in [6, 6.07) is 0. The molecule has 0 aromatic rings. The summed E-state index contributed by atoms with van der Waals surface area (Å²) in [5, 5.41) is 0. The zero-order chi connectivity index (χ0) is 7.78. The van der Waals surface area contributed by atoms with Gasteiger partial charge in [0.15, 0.2) is 0 Å². The van der Waals surface area contributed by atoms with E-state index in [1.165, 1.54) is 0 Å². The molecule has 0 radical (unpaired) electrons. The third-order valence-corrected chi connectivity index (χ3v) is 2.61. The summed E-state index contributed by atoms with van der Waals surface area (Å²) in [4.78, 5) is 2.10. The molecule has 0 amide bonds. The Kier molecular flexibility index (Phi) is 2.21. The van der Waals surface area contributed by atoms with E-state index in [1.807, 2.05) is 6.08 Å². The Labute approximate surface area is 73.2 Å². The van der Waals surface area contributed by atoms with E-state index >= 15 is 0 Å². The summed E-state index contributed by atoms with van der Waals surface area (Å²) >= 11 is 8.57. The quantitative estimate of drug-likeness (QED) is 0.516. The molecule has 0 aromatic carbocycles. The van der Waals surface area contributed by atoms with Gasteiger partial charge in [0.05, 0.1) is 0 Å². The predicted molar refractivity (Wildman–Crippen MR) is 52.5 cm³/mol. The highest BCUT2D eigenvalue weighted by molar-refractivity contribution is 7.88. The van der Waals surface area contributed by atoms with Gasteiger partial charge in [-0.2, -0.15) is 0 Å². The molecule has 1 aliphatic carbocycles. The molecule has 0 aliphatic heterocycles. The average molecular weight is 172 g/mol. The van der Waals surface area contributed by atoms with Crippen molar-refractivity contribution >= 4 is 25.3 Å². The Morgan fingerprint density at radius 2 is 2.00 bits per heavy atom. The maximum absolute atomic E-state index is 4.32. The van der Waals surface area contributed by atoms with Crippen LogP contribution in [0.5, 0.6) is 0 Å². The minimum Gasteiger partial charge on any atom is -0.147 e. The number of rotatable bonds is 0. The van der Waals surface area contributed by atoms with Gasteiger partial charge in [-0.3, -0.25) is 0 Å². The van der Waals surface area contributed by atoms with Crippen LogP contribution in [-0.4, -0.2) is 0 Å². The van der Waals surface area contributed by atoms with Crippen molar-refractivity contribution in [1.29, 1.82) is 0 Å². The molecule has 10 heavy (non-hydrogen) atoms. The van der Waals surface area contributed by atoms with Crippen LogP contribution in [0.15, 0.2) is 22.0 Å². The van der Waals surface area contributed by atoms with Crippen molar-refractivity contribution in [3.63, 3.8) is 0 Å². The lowest BCUT2D eigenvalue weighted by Crippen LogP contribution is -2.10. The first-order valence-electron chi connectivity index (χ1n) is 3.32. The van der Waals surface area contributed by atoms with Crippen molar-refractivity contribution in [2.24, 2.45) is 5.41 Å². The van der Waals surface area contributed by atoms with Crippen LogP contribution >= 0.6 is 25.3 Å². The van der Waals surface area contributed by atoms with E-state index in [0.29, 0.717) is 0 Å². The lowest BCUT2D eigenvalue weighted by molar-refractivity contribution is 0.480. The third-order valence-electron chi connectivity index (χ3n) is 1.61. The first-order chi connectivity index (χ1) is 4.51. The molecule has 0 saturated heterocycles. The second-order valence-electron chi connectivity index (χ2n) is 3.33. The van der Waals surface area contributed by atoms with E-state index in [1.54, 1.807) is 0 Å². The maximum Gasteiger partial charge on any atom is 0.0130 e. The van der Waals surface area contributed by atoms with E-state index in [4.69, 9.17) is 0 Å². The third kappa shape index (κ3) is 1.83. The van der Waals surface area contributed by atoms with Gasteiger partial charge >= 0.3 is 0 Å². The smallest absolute Gasteiger partial charge is 0.0130 e. The molecule has 0 atom stereocenters. The molecule has 0 nitrogen and oxygen atoms in total. The fourth-order valence-corrected chi connectivity index (χ4v) is 1.62. The summed E-state index contributed by atoms with van der Waals surface area (Å²) in [5.74, 6) is 0. The molecule has 1 rings (SSSR count). The Balaban J connectivity index is 2.85. The summed E-state index contributed by atoms with van der Waals surface area (Å²) < 4.78 is 0. The molecule has 2 heteroatoms. The molecule has 56 valence electrons. The Hall–Kier alpha value is 0.180. The van der Waals surface area contributed by atoms with Crippen LogP contribution in [0.2, 0.25) is 0 Å². The van der Waals surface area contributed by atoms with Crippen LogP contribution in [0.4, 0.5) is 0 Å². The minimum atomic E-state index is 0.267. The standard InChI is InChI=1S/C8H12S2/c1-8(2)4-3-6(9)7(10)5-8/h3-4,9-10H,5H2,1-2H3. The minimum absolute atomic E-state index is 0.267. The van der Waals surface area contributed by atoms with Crippen molar-refractivity contribution in [2.45, 2.75) is 20.3 Å². The van der Waals surface area contributed by atoms with Gasteiger partial charge in [0, 0.05) is 4.91 Å². The fourth-order valence-electron chi connectivity index (χ4n) is 0.982. The van der Waals surface area contributed by atoms with E-state index in [2.05, 4.69) is 45.2 Å². The summed E-state index contributed by atoms with van der Waals surface area (Å²) in [5.41, 5.74) is 0.267. The lowest BCUT2D eigenvalue weighted by atomic mass is 9.86. The fraction of sp³-hybridized carbons (Fsp3) is 0.500. The average Bonchev–Trinajstić information content (AvgIpc) is 1.79. The summed E-state index contributed by atoms with van der Waals surface area (Å²) in [6.07, 6.45) is 5.20. The van der Waals surface area contributed by atoms with Gasteiger partial charge in [0.25, 0.3) is 0 Å². The highest BCUT2D eigenvalue weighted by Crippen LogP contribution is 2.35. The van der Waals surface area contributed by atoms with E-state index in [0.717, 1.165) is 16.2 Å². The van der Waals surface area contributed by atoms with Crippen LogP contribution in [0, 0.1) is 5.41 Å². The van der Waals surface area contributed by atoms with E-state index in [9.17, 15) is 0 Å². The highest BCUT2D eigenvalue weighted by Gasteiger charge is 2.19. The number of hydrogen-bond acceptors (Lipinski definition) is 2. The second kappa shape index (κ2) is 2.67. The van der Waals surface area contributed by atoms with Crippen LogP contribution in [0.3, 0.4) is 0 Å². The number of thiol groups is 2. The second-order valence-corrected chi connectivity index (χ2v) is 4.35. The van der Waals surface area contributed by atoms with Crippen molar-refractivity contribution in [2.75, 3.05) is 0 Å². The van der Waals surface area contributed by atoms with Crippen molar-refractivity contribution in [3.8, 4) is 0 Å². The summed E-state index contributed by atoms with van der Waals surface area (Å²) in [6.45, 7) is 4.39. The molecule has 0 N–H and O–H groups in total. The first-order valence-corrected chi connectivity index (χ1v) is 4.21. The summed E-state index contributed by atoms with van der Waals surface area (Å²) in [7, 11) is 0. The Morgan fingerprint density at radius 1 is 1.40 bits per heavy atom. The maximum atomic E-state index is 4.32. The molecule has 0 aromatic heterocycles. The van der Waals surface area contributed by atoms with Gasteiger partial charge in [-0.1, -0.05) is 26.0 Å². The molecule has 1 aliphatic rings.